The monoisotopic (exact) mass is 364 g/mol. The van der Waals surface area contributed by atoms with Gasteiger partial charge in [-0.3, -0.25) is 0 Å². The Morgan fingerprint density at radius 1 is 1.11 bits per heavy atom. The number of carbonyl (C=O) groups is 1. The van der Waals surface area contributed by atoms with Crippen molar-refractivity contribution in [3.8, 4) is 0 Å². The van der Waals surface area contributed by atoms with Crippen LogP contribution in [0.25, 0.3) is 16.3 Å². The van der Waals surface area contributed by atoms with Crippen LogP contribution >= 0.6 is 0 Å². The van der Waals surface area contributed by atoms with Crippen LogP contribution in [0.15, 0.2) is 54.1 Å². The van der Waals surface area contributed by atoms with E-state index in [4.69, 9.17) is 4.74 Å². The number of benzene rings is 2. The predicted molar refractivity (Wildman–Crippen MR) is 116 cm³/mol. The average Bonchev–Trinajstić information content (AvgIpc) is 2.99. The molecule has 0 spiro atoms. The first kappa shape index (κ1) is 21.0. The number of methoxy groups -OCH3 is 1. The number of hydrogen-bond acceptors (Lipinski definition) is 2. The van der Waals surface area contributed by atoms with Crippen molar-refractivity contribution in [1.82, 2.24) is 0 Å². The van der Waals surface area contributed by atoms with Crippen molar-refractivity contribution in [1.29, 1.82) is 0 Å². The fourth-order valence-electron chi connectivity index (χ4n) is 3.55. The molecule has 0 saturated heterocycles. The highest BCUT2D eigenvalue weighted by atomic mass is 16.5. The minimum atomic E-state index is -0.288. The van der Waals surface area contributed by atoms with Gasteiger partial charge in [0, 0.05) is 0 Å². The molecule has 2 aromatic rings. The fourth-order valence-corrected chi connectivity index (χ4v) is 3.55. The second kappa shape index (κ2) is 10.1. The van der Waals surface area contributed by atoms with E-state index >= 15 is 0 Å². The first-order valence-corrected chi connectivity index (χ1v) is 10.2. The summed E-state index contributed by atoms with van der Waals surface area (Å²) in [5.74, 6) is 0.243. The third-order valence-electron chi connectivity index (χ3n) is 5.17. The number of ether oxygens (including phenoxy) is 1. The zero-order valence-electron chi connectivity index (χ0n) is 17.3. The van der Waals surface area contributed by atoms with Crippen LogP contribution in [0.1, 0.15) is 69.3 Å². The van der Waals surface area contributed by atoms with Gasteiger partial charge >= 0.3 is 5.97 Å². The van der Waals surface area contributed by atoms with E-state index in [1.54, 1.807) is 0 Å². The summed E-state index contributed by atoms with van der Waals surface area (Å²) in [5, 5.41) is 2.27. The molecule has 2 heteroatoms. The van der Waals surface area contributed by atoms with E-state index in [-0.39, 0.29) is 5.97 Å². The summed E-state index contributed by atoms with van der Waals surface area (Å²) in [4.78, 5) is 12.0. The lowest BCUT2D eigenvalue weighted by molar-refractivity contribution is 0.0601. The lowest BCUT2D eigenvalue weighted by Gasteiger charge is -2.19. The number of esters is 1. The summed E-state index contributed by atoms with van der Waals surface area (Å²) in [6.45, 7) is 8.54. The standard InChI is InChI=1S/C23H26O2.C2H6/c1-4-16(2)19-10-6-5-7-11-20(19)21-12-8-9-17-13-14-18(15-22(17)21)23(24)25-3;1-2/h8-16H,4-7H2,1-3H3;1-2H3. The molecule has 1 aliphatic carbocycles. The third-order valence-corrected chi connectivity index (χ3v) is 5.17. The van der Waals surface area contributed by atoms with Crippen molar-refractivity contribution in [2.24, 2.45) is 5.92 Å². The largest absolute Gasteiger partial charge is 0.465 e. The molecule has 0 fully saturated rings. The molecule has 1 aliphatic rings. The maximum absolute atomic E-state index is 12.0. The van der Waals surface area contributed by atoms with Crippen molar-refractivity contribution < 1.29 is 9.53 Å². The van der Waals surface area contributed by atoms with Crippen LogP contribution in [0.4, 0.5) is 0 Å². The number of hydrogen-bond donors (Lipinski definition) is 0. The lowest BCUT2D eigenvalue weighted by atomic mass is 9.85. The Kier molecular flexibility index (Phi) is 7.84. The predicted octanol–water partition coefficient (Wildman–Crippen LogP) is 7.19. The summed E-state index contributed by atoms with van der Waals surface area (Å²) in [6.07, 6.45) is 9.35. The van der Waals surface area contributed by atoms with Crippen LogP contribution in [0, 0.1) is 5.92 Å². The molecule has 0 radical (unpaired) electrons. The molecule has 0 N–H and O–H groups in total. The Morgan fingerprint density at radius 2 is 1.85 bits per heavy atom. The first-order valence-electron chi connectivity index (χ1n) is 10.2. The molecule has 0 aliphatic heterocycles. The summed E-state index contributed by atoms with van der Waals surface area (Å²) in [7, 11) is 1.43. The Balaban J connectivity index is 0.00000126. The molecule has 3 rings (SSSR count). The van der Waals surface area contributed by atoms with E-state index in [0.717, 1.165) is 30.0 Å². The van der Waals surface area contributed by atoms with Crippen LogP contribution in [-0.2, 0) is 4.74 Å². The van der Waals surface area contributed by atoms with Crippen LogP contribution in [0.5, 0.6) is 0 Å². The lowest BCUT2D eigenvalue weighted by Crippen LogP contribution is -2.03. The zero-order valence-corrected chi connectivity index (χ0v) is 17.3. The molecule has 0 heterocycles. The highest BCUT2D eigenvalue weighted by Gasteiger charge is 2.18. The Bertz CT molecular complexity index is 843. The molecule has 2 nitrogen and oxygen atoms in total. The van der Waals surface area contributed by atoms with Gasteiger partial charge in [-0.1, -0.05) is 64.1 Å². The van der Waals surface area contributed by atoms with Crippen molar-refractivity contribution >= 4 is 22.3 Å². The number of fused-ring (bicyclic) bond motifs is 1. The van der Waals surface area contributed by atoms with Gasteiger partial charge in [0.05, 0.1) is 12.7 Å². The Labute approximate surface area is 163 Å². The molecule has 1 atom stereocenters. The van der Waals surface area contributed by atoms with Crippen LogP contribution in [0.2, 0.25) is 0 Å². The maximum atomic E-state index is 12.0. The van der Waals surface area contributed by atoms with Gasteiger partial charge in [0.2, 0.25) is 0 Å². The van der Waals surface area contributed by atoms with Gasteiger partial charge in [0.25, 0.3) is 0 Å². The minimum Gasteiger partial charge on any atom is -0.465 e. The van der Waals surface area contributed by atoms with Gasteiger partial charge in [-0.25, -0.2) is 4.79 Å². The van der Waals surface area contributed by atoms with Gasteiger partial charge in [-0.15, -0.1) is 0 Å². The molecular formula is C25H32O2. The SMILES string of the molecule is CC.CCC(C)C1=CCCCC=C1c1cccc2ccc(C(=O)OC)cc12. The normalized spacial score (nSPS) is 15.0. The van der Waals surface area contributed by atoms with E-state index in [1.165, 1.54) is 30.2 Å². The van der Waals surface area contributed by atoms with E-state index in [0.29, 0.717) is 11.5 Å². The van der Waals surface area contributed by atoms with Crippen molar-refractivity contribution in [2.45, 2.75) is 53.4 Å². The topological polar surface area (TPSA) is 26.3 Å². The van der Waals surface area contributed by atoms with Crippen molar-refractivity contribution in [3.05, 3.63) is 65.3 Å². The van der Waals surface area contributed by atoms with Crippen LogP contribution in [0.3, 0.4) is 0 Å². The molecule has 1 unspecified atom stereocenters. The second-order valence-electron chi connectivity index (χ2n) is 6.75. The molecular weight excluding hydrogens is 332 g/mol. The van der Waals surface area contributed by atoms with Crippen molar-refractivity contribution in [2.75, 3.05) is 7.11 Å². The van der Waals surface area contributed by atoms with Crippen LogP contribution < -0.4 is 0 Å². The van der Waals surface area contributed by atoms with E-state index in [2.05, 4.69) is 44.2 Å². The summed E-state index contributed by atoms with van der Waals surface area (Å²) in [6, 6.07) is 12.2. The molecule has 27 heavy (non-hydrogen) atoms. The maximum Gasteiger partial charge on any atom is 0.337 e. The summed E-state index contributed by atoms with van der Waals surface area (Å²) < 4.78 is 4.90. The van der Waals surface area contributed by atoms with E-state index in [1.807, 2.05) is 32.0 Å². The summed E-state index contributed by atoms with van der Waals surface area (Å²) in [5.41, 5.74) is 4.60. The first-order chi connectivity index (χ1) is 13.2. The molecule has 0 bridgehead atoms. The zero-order chi connectivity index (χ0) is 19.8. The number of allylic oxidation sites excluding steroid dienone is 4. The Hall–Kier alpha value is -2.35. The van der Waals surface area contributed by atoms with Gasteiger partial charge < -0.3 is 4.74 Å². The quantitative estimate of drug-likeness (QED) is 0.536. The van der Waals surface area contributed by atoms with Crippen LogP contribution in [-0.4, -0.2) is 13.1 Å². The summed E-state index contributed by atoms with van der Waals surface area (Å²) >= 11 is 0. The molecule has 2 aromatic carbocycles. The highest BCUT2D eigenvalue weighted by Crippen LogP contribution is 2.37. The Morgan fingerprint density at radius 3 is 2.56 bits per heavy atom. The fraction of sp³-hybridized carbons (Fsp3) is 0.400. The smallest absolute Gasteiger partial charge is 0.337 e. The molecule has 144 valence electrons. The van der Waals surface area contributed by atoms with Crippen molar-refractivity contribution in [3.63, 3.8) is 0 Å². The van der Waals surface area contributed by atoms with Gasteiger partial charge in [-0.2, -0.15) is 0 Å². The molecule has 0 aromatic heterocycles. The number of rotatable bonds is 4. The average molecular weight is 365 g/mol. The van der Waals surface area contributed by atoms with Gasteiger partial charge in [0.15, 0.2) is 0 Å². The van der Waals surface area contributed by atoms with Gasteiger partial charge in [-0.05, 0) is 71.2 Å². The second-order valence-corrected chi connectivity index (χ2v) is 6.75. The molecule has 0 saturated carbocycles. The molecule has 0 amide bonds. The highest BCUT2D eigenvalue weighted by molar-refractivity contribution is 6.01. The van der Waals surface area contributed by atoms with E-state index in [9.17, 15) is 4.79 Å². The number of carbonyl (C=O) groups excluding carboxylic acids is 1. The minimum absolute atomic E-state index is 0.288. The van der Waals surface area contributed by atoms with Gasteiger partial charge in [0.1, 0.15) is 0 Å². The third kappa shape index (κ3) is 4.68. The van der Waals surface area contributed by atoms with E-state index < -0.39 is 0 Å².